The minimum Gasteiger partial charge on any atom is -0.497 e. The number of nitrogens with one attached hydrogen (secondary N) is 1. The molecule has 0 radical (unpaired) electrons. The third kappa shape index (κ3) is 4.77. The second-order valence-corrected chi connectivity index (χ2v) is 6.80. The molecule has 1 aromatic heterocycles. The molecule has 0 bridgehead atoms. The Balaban J connectivity index is 1.66. The lowest BCUT2D eigenvalue weighted by molar-refractivity contribution is -0.122. The normalized spacial score (nSPS) is 11.5. The van der Waals surface area contributed by atoms with Gasteiger partial charge in [-0.05, 0) is 42.8 Å². The number of rotatable bonds is 8. The van der Waals surface area contributed by atoms with Crippen LogP contribution in [-0.2, 0) is 4.79 Å². The van der Waals surface area contributed by atoms with Crippen molar-refractivity contribution in [2.45, 2.75) is 19.4 Å². The predicted molar refractivity (Wildman–Crippen MR) is 108 cm³/mol. The molecule has 28 heavy (non-hydrogen) atoms. The van der Waals surface area contributed by atoms with E-state index in [0.717, 1.165) is 11.3 Å². The first kappa shape index (κ1) is 19.6. The van der Waals surface area contributed by atoms with E-state index in [1.807, 2.05) is 43.3 Å². The quantitative estimate of drug-likeness (QED) is 0.616. The minimum atomic E-state index is -0.652. The standard InChI is InChI=1S/C20H21N3O4S/c1-4-17(27-16-7-5-6-15(12-16)26-3)18(24)21-20-23-22-19(28-20)13-8-10-14(25-2)11-9-13/h5-12,17H,4H2,1-3H3,(H,21,23,24). The van der Waals surface area contributed by atoms with Gasteiger partial charge >= 0.3 is 0 Å². The molecule has 0 fully saturated rings. The van der Waals surface area contributed by atoms with Crippen LogP contribution in [0.2, 0.25) is 0 Å². The van der Waals surface area contributed by atoms with Crippen molar-refractivity contribution in [2.24, 2.45) is 0 Å². The Morgan fingerprint density at radius 1 is 1.04 bits per heavy atom. The fourth-order valence-electron chi connectivity index (χ4n) is 2.47. The fourth-order valence-corrected chi connectivity index (χ4v) is 3.22. The molecule has 1 amide bonds. The zero-order valence-corrected chi connectivity index (χ0v) is 16.7. The maximum Gasteiger partial charge on any atom is 0.267 e. The van der Waals surface area contributed by atoms with Crippen LogP contribution < -0.4 is 19.5 Å². The van der Waals surface area contributed by atoms with E-state index < -0.39 is 6.10 Å². The highest BCUT2D eigenvalue weighted by Gasteiger charge is 2.20. The van der Waals surface area contributed by atoms with E-state index in [1.54, 1.807) is 26.4 Å². The number of nitrogens with zero attached hydrogens (tertiary/aromatic N) is 2. The number of methoxy groups -OCH3 is 2. The highest BCUT2D eigenvalue weighted by Crippen LogP contribution is 2.28. The van der Waals surface area contributed by atoms with Crippen molar-refractivity contribution in [1.29, 1.82) is 0 Å². The molecule has 146 valence electrons. The summed E-state index contributed by atoms with van der Waals surface area (Å²) in [4.78, 5) is 12.6. The first-order valence-electron chi connectivity index (χ1n) is 8.72. The van der Waals surface area contributed by atoms with Gasteiger partial charge in [-0.3, -0.25) is 10.1 Å². The van der Waals surface area contributed by atoms with Crippen molar-refractivity contribution in [3.63, 3.8) is 0 Å². The number of aromatic nitrogens is 2. The molecule has 0 saturated heterocycles. The molecule has 7 nitrogen and oxygen atoms in total. The average molecular weight is 399 g/mol. The van der Waals surface area contributed by atoms with Crippen molar-refractivity contribution in [3.8, 4) is 27.8 Å². The summed E-state index contributed by atoms with van der Waals surface area (Å²) >= 11 is 1.30. The van der Waals surface area contributed by atoms with Gasteiger partial charge in [-0.25, -0.2) is 0 Å². The summed E-state index contributed by atoms with van der Waals surface area (Å²) in [5.41, 5.74) is 0.901. The number of hydrogen-bond acceptors (Lipinski definition) is 7. The number of carbonyl (C=O) groups excluding carboxylic acids is 1. The number of benzene rings is 2. The van der Waals surface area contributed by atoms with E-state index in [4.69, 9.17) is 14.2 Å². The van der Waals surface area contributed by atoms with Crippen LogP contribution in [0.1, 0.15) is 13.3 Å². The van der Waals surface area contributed by atoms with Gasteiger partial charge in [0, 0.05) is 11.6 Å². The third-order valence-electron chi connectivity index (χ3n) is 3.97. The Morgan fingerprint density at radius 2 is 1.75 bits per heavy atom. The van der Waals surface area contributed by atoms with Crippen LogP contribution in [0.25, 0.3) is 10.6 Å². The molecular weight excluding hydrogens is 378 g/mol. The number of anilines is 1. The molecule has 0 saturated carbocycles. The van der Waals surface area contributed by atoms with Crippen LogP contribution in [-0.4, -0.2) is 36.4 Å². The van der Waals surface area contributed by atoms with Gasteiger partial charge in [0.1, 0.15) is 22.3 Å². The third-order valence-corrected chi connectivity index (χ3v) is 4.86. The summed E-state index contributed by atoms with van der Waals surface area (Å²) in [5, 5.41) is 12.1. The SMILES string of the molecule is CCC(Oc1cccc(OC)c1)C(=O)Nc1nnc(-c2ccc(OC)cc2)s1. The van der Waals surface area contributed by atoms with Gasteiger partial charge in [-0.15, -0.1) is 10.2 Å². The van der Waals surface area contributed by atoms with Crippen LogP contribution in [0.15, 0.2) is 48.5 Å². The lowest BCUT2D eigenvalue weighted by Gasteiger charge is -2.16. The maximum absolute atomic E-state index is 12.6. The molecule has 0 aliphatic heterocycles. The number of amides is 1. The molecule has 0 aliphatic rings. The predicted octanol–water partition coefficient (Wildman–Crippen LogP) is 4.02. The van der Waals surface area contributed by atoms with E-state index in [2.05, 4.69) is 15.5 Å². The van der Waals surface area contributed by atoms with Crippen LogP contribution >= 0.6 is 11.3 Å². The summed E-state index contributed by atoms with van der Waals surface area (Å²) in [5.74, 6) is 1.73. The van der Waals surface area contributed by atoms with Gasteiger partial charge in [0.2, 0.25) is 5.13 Å². The van der Waals surface area contributed by atoms with Crippen molar-refractivity contribution < 1.29 is 19.0 Å². The van der Waals surface area contributed by atoms with Gasteiger partial charge in [0.05, 0.1) is 14.2 Å². The largest absolute Gasteiger partial charge is 0.497 e. The Labute approximate surface area is 167 Å². The Kier molecular flexibility index (Phi) is 6.44. The molecule has 3 rings (SSSR count). The maximum atomic E-state index is 12.6. The van der Waals surface area contributed by atoms with E-state index in [9.17, 15) is 4.79 Å². The van der Waals surface area contributed by atoms with Crippen molar-refractivity contribution in [2.75, 3.05) is 19.5 Å². The first-order chi connectivity index (χ1) is 13.6. The lowest BCUT2D eigenvalue weighted by atomic mass is 10.2. The summed E-state index contributed by atoms with van der Waals surface area (Å²) in [6.07, 6.45) is -0.145. The zero-order chi connectivity index (χ0) is 19.9. The summed E-state index contributed by atoms with van der Waals surface area (Å²) in [6.45, 7) is 1.88. The molecule has 8 heteroatoms. The van der Waals surface area contributed by atoms with Gasteiger partial charge in [0.25, 0.3) is 5.91 Å². The van der Waals surface area contributed by atoms with Crippen LogP contribution in [0.3, 0.4) is 0 Å². The average Bonchev–Trinajstić information content (AvgIpc) is 3.20. The molecule has 1 heterocycles. The molecule has 1 unspecified atom stereocenters. The summed E-state index contributed by atoms with van der Waals surface area (Å²) in [6, 6.07) is 14.6. The van der Waals surface area contributed by atoms with E-state index in [0.29, 0.717) is 28.1 Å². The smallest absolute Gasteiger partial charge is 0.267 e. The molecule has 2 aromatic carbocycles. The minimum absolute atomic E-state index is 0.275. The lowest BCUT2D eigenvalue weighted by Crippen LogP contribution is -2.32. The highest BCUT2D eigenvalue weighted by atomic mass is 32.1. The van der Waals surface area contributed by atoms with Crippen LogP contribution in [0.5, 0.6) is 17.2 Å². The summed E-state index contributed by atoms with van der Waals surface area (Å²) in [7, 11) is 3.20. The zero-order valence-electron chi connectivity index (χ0n) is 15.8. The Hall–Kier alpha value is -3.13. The van der Waals surface area contributed by atoms with Crippen LogP contribution in [0, 0.1) is 0 Å². The van der Waals surface area contributed by atoms with Gasteiger partial charge in [-0.1, -0.05) is 24.3 Å². The van der Waals surface area contributed by atoms with Crippen molar-refractivity contribution >= 4 is 22.4 Å². The van der Waals surface area contributed by atoms with E-state index in [1.165, 1.54) is 11.3 Å². The molecule has 1 atom stereocenters. The van der Waals surface area contributed by atoms with E-state index >= 15 is 0 Å². The monoisotopic (exact) mass is 399 g/mol. The van der Waals surface area contributed by atoms with Gasteiger partial charge in [-0.2, -0.15) is 0 Å². The number of hydrogen-bond donors (Lipinski definition) is 1. The molecule has 0 aliphatic carbocycles. The second kappa shape index (κ2) is 9.18. The molecule has 3 aromatic rings. The second-order valence-electron chi connectivity index (χ2n) is 5.82. The summed E-state index contributed by atoms with van der Waals surface area (Å²) < 4.78 is 16.1. The van der Waals surface area contributed by atoms with Gasteiger partial charge < -0.3 is 14.2 Å². The van der Waals surface area contributed by atoms with Crippen molar-refractivity contribution in [3.05, 3.63) is 48.5 Å². The Bertz CT molecular complexity index is 927. The van der Waals surface area contributed by atoms with Crippen LogP contribution in [0.4, 0.5) is 5.13 Å². The highest BCUT2D eigenvalue weighted by molar-refractivity contribution is 7.18. The topological polar surface area (TPSA) is 82.6 Å². The first-order valence-corrected chi connectivity index (χ1v) is 9.54. The van der Waals surface area contributed by atoms with Gasteiger partial charge in [0.15, 0.2) is 6.10 Å². The Morgan fingerprint density at radius 3 is 2.43 bits per heavy atom. The fraction of sp³-hybridized carbons (Fsp3) is 0.250. The van der Waals surface area contributed by atoms with Crippen molar-refractivity contribution in [1.82, 2.24) is 10.2 Å². The van der Waals surface area contributed by atoms with E-state index in [-0.39, 0.29) is 5.91 Å². The number of ether oxygens (including phenoxy) is 3. The molecule has 1 N–H and O–H groups in total. The molecule has 0 spiro atoms. The number of carbonyl (C=O) groups is 1. The molecular formula is C20H21N3O4S.